The monoisotopic (exact) mass is 627 g/mol. The fraction of sp³-hybridized carbons (Fsp3) is 0.485. The predicted molar refractivity (Wildman–Crippen MR) is 175 cm³/mol. The van der Waals surface area contributed by atoms with Gasteiger partial charge in [-0.05, 0) is 55.1 Å². The average Bonchev–Trinajstić information content (AvgIpc) is 2.93. The second-order valence-electron chi connectivity index (χ2n) is 13.2. The molecule has 44 heavy (non-hydrogen) atoms. The summed E-state index contributed by atoms with van der Waals surface area (Å²) < 4.78 is 27.6. The fourth-order valence-electron chi connectivity index (χ4n) is 5.07. The van der Waals surface area contributed by atoms with Crippen molar-refractivity contribution in [2.75, 3.05) is 19.8 Å². The SMILES string of the molecule is CNC(C(=O)NC(C(=O)N(C)C(C=C(C)C(=O)NS(=O)(=O)c1ccc(N)cc1)C(C)C)C(C)(C)C)C(C)(C)c1ccccc1. The van der Waals surface area contributed by atoms with Crippen molar-refractivity contribution in [3.8, 4) is 0 Å². The van der Waals surface area contributed by atoms with Crippen LogP contribution >= 0.6 is 0 Å². The second kappa shape index (κ2) is 14.4. The highest BCUT2D eigenvalue weighted by Crippen LogP contribution is 2.29. The third-order valence-corrected chi connectivity index (χ3v) is 9.21. The van der Waals surface area contributed by atoms with Gasteiger partial charge in [0.1, 0.15) is 6.04 Å². The van der Waals surface area contributed by atoms with Gasteiger partial charge in [-0.3, -0.25) is 14.4 Å². The molecule has 2 rings (SSSR count). The zero-order valence-corrected chi connectivity index (χ0v) is 28.4. The molecule has 242 valence electrons. The Hall–Kier alpha value is -3.70. The van der Waals surface area contributed by atoms with Gasteiger partial charge >= 0.3 is 0 Å². The van der Waals surface area contributed by atoms with E-state index in [-0.39, 0.29) is 28.2 Å². The van der Waals surface area contributed by atoms with E-state index < -0.39 is 44.9 Å². The van der Waals surface area contributed by atoms with Gasteiger partial charge in [0.05, 0.1) is 17.0 Å². The Morgan fingerprint density at radius 1 is 0.909 bits per heavy atom. The first-order valence-electron chi connectivity index (χ1n) is 14.6. The molecule has 0 aromatic heterocycles. The lowest BCUT2D eigenvalue weighted by molar-refractivity contribution is -0.140. The molecule has 11 heteroatoms. The topological polar surface area (TPSA) is 151 Å². The van der Waals surface area contributed by atoms with Gasteiger partial charge in [0.15, 0.2) is 0 Å². The van der Waals surface area contributed by atoms with Gasteiger partial charge in [0.2, 0.25) is 11.8 Å². The number of nitrogen functional groups attached to an aromatic ring is 1. The molecule has 0 bridgehead atoms. The summed E-state index contributed by atoms with van der Waals surface area (Å²) >= 11 is 0. The van der Waals surface area contributed by atoms with Crippen molar-refractivity contribution >= 4 is 33.4 Å². The lowest BCUT2D eigenvalue weighted by atomic mass is 9.76. The third kappa shape index (κ3) is 8.92. The molecule has 0 spiro atoms. The molecular formula is C33H49N5O5S. The van der Waals surface area contributed by atoms with E-state index in [0.717, 1.165) is 5.56 Å². The molecule has 0 aliphatic heterocycles. The van der Waals surface area contributed by atoms with Gasteiger partial charge in [-0.1, -0.05) is 84.9 Å². The molecule has 2 aromatic rings. The highest BCUT2D eigenvalue weighted by atomic mass is 32.2. The number of anilines is 1. The lowest BCUT2D eigenvalue weighted by Crippen LogP contribution is -2.61. The van der Waals surface area contributed by atoms with Crippen LogP contribution in [0, 0.1) is 11.3 Å². The fourth-order valence-corrected chi connectivity index (χ4v) is 6.09. The van der Waals surface area contributed by atoms with Crippen molar-refractivity contribution in [3.05, 3.63) is 71.8 Å². The molecule has 5 N–H and O–H groups in total. The van der Waals surface area contributed by atoms with Crippen LogP contribution in [0.2, 0.25) is 0 Å². The van der Waals surface area contributed by atoms with Gasteiger partial charge < -0.3 is 21.3 Å². The Bertz CT molecular complexity index is 1450. The molecule has 10 nitrogen and oxygen atoms in total. The maximum Gasteiger partial charge on any atom is 0.264 e. The number of hydrogen-bond donors (Lipinski definition) is 4. The number of nitrogens with two attached hydrogens (primary N) is 1. The van der Waals surface area contributed by atoms with Crippen LogP contribution in [0.4, 0.5) is 5.69 Å². The Kier molecular flexibility index (Phi) is 11.9. The van der Waals surface area contributed by atoms with Crippen LogP contribution in [0.3, 0.4) is 0 Å². The van der Waals surface area contributed by atoms with E-state index in [1.807, 2.05) is 78.8 Å². The molecule has 3 atom stereocenters. The molecule has 0 fully saturated rings. The molecule has 2 aromatic carbocycles. The highest BCUT2D eigenvalue weighted by Gasteiger charge is 2.41. The minimum absolute atomic E-state index is 0.0976. The molecule has 0 heterocycles. The van der Waals surface area contributed by atoms with Crippen LogP contribution in [0.25, 0.3) is 0 Å². The standard InChI is InChI=1S/C33H49N5O5S/c1-21(2)26(20-22(3)29(39)37-44(42,43)25-18-16-24(34)17-19-25)38(10)31(41)28(32(4,5)6)36-30(40)27(35-9)33(7,8)23-14-12-11-13-15-23/h11-21,26-28,35H,34H2,1-10H3,(H,36,40)(H,37,39). The molecule has 0 radical (unpaired) electrons. The van der Waals surface area contributed by atoms with Gasteiger partial charge in [0, 0.05) is 23.7 Å². The van der Waals surface area contributed by atoms with Crippen LogP contribution < -0.4 is 21.1 Å². The number of nitrogens with one attached hydrogen (secondary N) is 3. The molecule has 3 unspecified atom stereocenters. The van der Waals surface area contributed by atoms with Crippen LogP contribution in [0.1, 0.15) is 61.0 Å². The lowest BCUT2D eigenvalue weighted by Gasteiger charge is -2.40. The summed E-state index contributed by atoms with van der Waals surface area (Å²) in [6.07, 6.45) is 1.58. The molecule has 3 amide bonds. The number of benzene rings is 2. The van der Waals surface area contributed by atoms with E-state index in [4.69, 9.17) is 5.73 Å². The molecule has 0 saturated carbocycles. The number of nitrogens with zero attached hydrogens (tertiary/aromatic N) is 1. The minimum atomic E-state index is -4.13. The Morgan fingerprint density at radius 2 is 1.45 bits per heavy atom. The normalized spacial score (nSPS) is 14.8. The van der Waals surface area contributed by atoms with Gasteiger partial charge in [0.25, 0.3) is 15.9 Å². The van der Waals surface area contributed by atoms with E-state index in [1.165, 1.54) is 36.1 Å². The molecule has 0 aliphatic carbocycles. The zero-order chi connectivity index (χ0) is 33.6. The Balaban J connectivity index is 2.33. The van der Waals surface area contributed by atoms with E-state index in [9.17, 15) is 22.8 Å². The number of hydrogen-bond acceptors (Lipinski definition) is 7. The molecular weight excluding hydrogens is 578 g/mol. The van der Waals surface area contributed by atoms with Crippen LogP contribution in [-0.4, -0.2) is 63.3 Å². The summed E-state index contributed by atoms with van der Waals surface area (Å²) in [6.45, 7) is 14.9. The van der Waals surface area contributed by atoms with Crippen LogP contribution in [0.15, 0.2) is 71.1 Å². The third-order valence-electron chi connectivity index (χ3n) is 7.86. The summed E-state index contributed by atoms with van der Waals surface area (Å²) in [5.74, 6) is -1.60. The summed E-state index contributed by atoms with van der Waals surface area (Å²) in [4.78, 5) is 42.2. The summed E-state index contributed by atoms with van der Waals surface area (Å²) in [7, 11) is -0.796. The summed E-state index contributed by atoms with van der Waals surface area (Å²) in [5, 5.41) is 6.14. The van der Waals surface area contributed by atoms with Crippen LogP contribution in [0.5, 0.6) is 0 Å². The number of carbonyl (C=O) groups is 3. The average molecular weight is 628 g/mol. The quantitative estimate of drug-likeness (QED) is 0.207. The number of carbonyl (C=O) groups excluding carboxylic acids is 3. The van der Waals surface area contributed by atoms with Crippen LogP contribution in [-0.2, 0) is 29.8 Å². The largest absolute Gasteiger partial charge is 0.399 e. The predicted octanol–water partition coefficient (Wildman–Crippen LogP) is 3.60. The number of likely N-dealkylation sites (N-methyl/N-ethyl adjacent to an activating group) is 2. The maximum atomic E-state index is 14.0. The van der Waals surface area contributed by atoms with E-state index in [2.05, 4.69) is 15.4 Å². The molecule has 0 aliphatic rings. The van der Waals surface area contributed by atoms with Crippen molar-refractivity contribution in [1.82, 2.24) is 20.3 Å². The van der Waals surface area contributed by atoms with Crippen molar-refractivity contribution in [1.29, 1.82) is 0 Å². The summed E-state index contributed by atoms with van der Waals surface area (Å²) in [5.41, 5.74) is 5.90. The number of rotatable bonds is 12. The van der Waals surface area contributed by atoms with Gasteiger partial charge in [-0.15, -0.1) is 0 Å². The number of amides is 3. The number of sulfonamides is 1. The van der Waals surface area contributed by atoms with E-state index >= 15 is 0 Å². The zero-order valence-electron chi connectivity index (χ0n) is 27.6. The highest BCUT2D eigenvalue weighted by molar-refractivity contribution is 7.90. The van der Waals surface area contributed by atoms with Gasteiger partial charge in [-0.2, -0.15) is 0 Å². The van der Waals surface area contributed by atoms with Crippen molar-refractivity contribution in [3.63, 3.8) is 0 Å². The molecule has 0 saturated heterocycles. The van der Waals surface area contributed by atoms with Crippen molar-refractivity contribution in [2.24, 2.45) is 11.3 Å². The maximum absolute atomic E-state index is 14.0. The first kappa shape index (κ1) is 36.5. The van der Waals surface area contributed by atoms with Crippen molar-refractivity contribution < 1.29 is 22.8 Å². The Morgan fingerprint density at radius 3 is 1.93 bits per heavy atom. The minimum Gasteiger partial charge on any atom is -0.399 e. The first-order chi connectivity index (χ1) is 20.2. The van der Waals surface area contributed by atoms with E-state index in [1.54, 1.807) is 20.2 Å². The van der Waals surface area contributed by atoms with Gasteiger partial charge in [-0.25, -0.2) is 13.1 Å². The first-order valence-corrected chi connectivity index (χ1v) is 16.1. The Labute approximate surface area is 262 Å². The second-order valence-corrected chi connectivity index (χ2v) is 14.8. The smallest absolute Gasteiger partial charge is 0.264 e. The van der Waals surface area contributed by atoms with Crippen molar-refractivity contribution in [2.45, 2.75) is 83.8 Å². The van der Waals surface area contributed by atoms with E-state index in [0.29, 0.717) is 5.69 Å². The summed E-state index contributed by atoms with van der Waals surface area (Å²) in [6, 6.07) is 13.1.